The van der Waals surface area contributed by atoms with Crippen molar-refractivity contribution in [3.63, 3.8) is 0 Å². The highest BCUT2D eigenvalue weighted by molar-refractivity contribution is 7.11. The molecule has 0 saturated carbocycles. The van der Waals surface area contributed by atoms with Crippen LogP contribution in [0.5, 0.6) is 0 Å². The molecular formula is C14H20N4OS. The maximum absolute atomic E-state index is 12.0. The minimum absolute atomic E-state index is 0.0368. The van der Waals surface area contributed by atoms with Crippen LogP contribution in [0.1, 0.15) is 33.7 Å². The monoisotopic (exact) mass is 292 g/mol. The minimum Gasteiger partial charge on any atom is -0.351 e. The largest absolute Gasteiger partial charge is 0.351 e. The van der Waals surface area contributed by atoms with E-state index in [1.807, 2.05) is 25.5 Å². The summed E-state index contributed by atoms with van der Waals surface area (Å²) >= 11 is 1.38. The number of hydrogen-bond acceptors (Lipinski definition) is 4. The third-order valence-corrected chi connectivity index (χ3v) is 4.08. The van der Waals surface area contributed by atoms with Gasteiger partial charge in [-0.3, -0.25) is 9.48 Å². The maximum atomic E-state index is 12.0. The van der Waals surface area contributed by atoms with Crippen molar-refractivity contribution in [1.82, 2.24) is 20.1 Å². The molecule has 0 saturated heterocycles. The lowest BCUT2D eigenvalue weighted by atomic mass is 10.2. The lowest BCUT2D eigenvalue weighted by Crippen LogP contribution is -2.30. The Labute approximate surface area is 123 Å². The van der Waals surface area contributed by atoms with Gasteiger partial charge in [-0.2, -0.15) is 5.10 Å². The second kappa shape index (κ2) is 6.17. The molecule has 0 aromatic carbocycles. The molecule has 1 N–H and O–H groups in total. The van der Waals surface area contributed by atoms with Gasteiger partial charge in [-0.15, -0.1) is 11.3 Å². The molecule has 0 radical (unpaired) electrons. The van der Waals surface area contributed by atoms with Crippen LogP contribution in [-0.4, -0.2) is 27.2 Å². The molecule has 0 aliphatic heterocycles. The van der Waals surface area contributed by atoms with Crippen molar-refractivity contribution in [1.29, 1.82) is 0 Å². The molecule has 108 valence electrons. The second-order valence-electron chi connectivity index (χ2n) is 5.19. The van der Waals surface area contributed by atoms with Gasteiger partial charge in [0.15, 0.2) is 0 Å². The lowest BCUT2D eigenvalue weighted by Gasteiger charge is -2.13. The molecule has 2 aromatic heterocycles. The Hall–Kier alpha value is -1.69. The molecule has 1 atom stereocenters. The minimum atomic E-state index is -0.0368. The second-order valence-corrected chi connectivity index (χ2v) is 6.05. The maximum Gasteiger partial charge on any atom is 0.263 e. The Balaban J connectivity index is 1.86. The highest BCUT2D eigenvalue weighted by atomic mass is 32.1. The van der Waals surface area contributed by atoms with E-state index in [0.717, 1.165) is 23.6 Å². The van der Waals surface area contributed by atoms with E-state index in [-0.39, 0.29) is 5.91 Å². The van der Waals surface area contributed by atoms with Crippen LogP contribution in [0.2, 0.25) is 0 Å². The Bertz CT molecular complexity index is 602. The summed E-state index contributed by atoms with van der Waals surface area (Å²) < 4.78 is 1.99. The Morgan fingerprint density at radius 1 is 1.45 bits per heavy atom. The first kappa shape index (κ1) is 14.7. The first-order chi connectivity index (χ1) is 9.47. The first-order valence-electron chi connectivity index (χ1n) is 6.66. The van der Waals surface area contributed by atoms with Crippen molar-refractivity contribution in [2.24, 2.45) is 5.92 Å². The zero-order chi connectivity index (χ0) is 14.7. The predicted octanol–water partition coefficient (Wildman–Crippen LogP) is 2.33. The smallest absolute Gasteiger partial charge is 0.263 e. The van der Waals surface area contributed by atoms with E-state index >= 15 is 0 Å². The van der Waals surface area contributed by atoms with E-state index in [2.05, 4.69) is 28.4 Å². The molecular weight excluding hydrogens is 272 g/mol. The molecule has 6 heteroatoms. The summed E-state index contributed by atoms with van der Waals surface area (Å²) in [5.41, 5.74) is 4.67. The van der Waals surface area contributed by atoms with Gasteiger partial charge in [0, 0.05) is 18.8 Å². The van der Waals surface area contributed by atoms with Crippen molar-refractivity contribution in [3.8, 4) is 0 Å². The van der Waals surface area contributed by atoms with Gasteiger partial charge in [0.05, 0.1) is 16.9 Å². The Kier molecular flexibility index (Phi) is 4.54. The van der Waals surface area contributed by atoms with Gasteiger partial charge in [-0.1, -0.05) is 6.92 Å². The van der Waals surface area contributed by atoms with Crippen LogP contribution in [0.3, 0.4) is 0 Å². The summed E-state index contributed by atoms with van der Waals surface area (Å²) in [6.07, 6.45) is 0. The standard InChI is InChI=1S/C14H20N4OS/c1-9(7-18-11(3)5-10(2)17-18)6-15-14(19)13-12(4)16-8-20-13/h5,8-9H,6-7H2,1-4H3,(H,15,19)/t9-/m0/s1. The molecule has 2 heterocycles. The van der Waals surface area contributed by atoms with Gasteiger partial charge >= 0.3 is 0 Å². The topological polar surface area (TPSA) is 59.8 Å². The van der Waals surface area contributed by atoms with Gasteiger partial charge in [-0.05, 0) is 32.8 Å². The van der Waals surface area contributed by atoms with Gasteiger partial charge in [0.1, 0.15) is 4.88 Å². The average Bonchev–Trinajstić information content (AvgIpc) is 2.93. The molecule has 20 heavy (non-hydrogen) atoms. The number of amides is 1. The molecule has 1 amide bonds. The SMILES string of the molecule is Cc1cc(C)n(C[C@@H](C)CNC(=O)c2scnc2C)n1. The summed E-state index contributed by atoms with van der Waals surface area (Å²) in [6.45, 7) is 9.44. The fourth-order valence-electron chi connectivity index (χ4n) is 2.09. The highest BCUT2D eigenvalue weighted by Crippen LogP contribution is 2.12. The van der Waals surface area contributed by atoms with Gasteiger partial charge in [-0.25, -0.2) is 4.98 Å². The number of rotatable bonds is 5. The number of carbonyl (C=O) groups excluding carboxylic acids is 1. The molecule has 0 aliphatic rings. The van der Waals surface area contributed by atoms with Crippen LogP contribution in [0, 0.1) is 26.7 Å². The lowest BCUT2D eigenvalue weighted by molar-refractivity contribution is 0.0950. The number of nitrogens with zero attached hydrogens (tertiary/aromatic N) is 3. The van der Waals surface area contributed by atoms with Crippen molar-refractivity contribution >= 4 is 17.2 Å². The quantitative estimate of drug-likeness (QED) is 0.920. The van der Waals surface area contributed by atoms with Gasteiger partial charge in [0.25, 0.3) is 5.91 Å². The molecule has 5 nitrogen and oxygen atoms in total. The molecule has 0 spiro atoms. The van der Waals surface area contributed by atoms with Crippen LogP contribution in [0.4, 0.5) is 0 Å². The van der Waals surface area contributed by atoms with Crippen molar-refractivity contribution in [2.75, 3.05) is 6.54 Å². The average molecular weight is 292 g/mol. The summed E-state index contributed by atoms with van der Waals surface area (Å²) in [5, 5.41) is 7.40. The van der Waals surface area contributed by atoms with Crippen molar-refractivity contribution in [3.05, 3.63) is 33.5 Å². The van der Waals surface area contributed by atoms with E-state index in [1.54, 1.807) is 5.51 Å². The van der Waals surface area contributed by atoms with Crippen LogP contribution in [-0.2, 0) is 6.54 Å². The van der Waals surface area contributed by atoms with Crippen LogP contribution < -0.4 is 5.32 Å². The summed E-state index contributed by atoms with van der Waals surface area (Å²) in [5.74, 6) is 0.287. The molecule has 2 rings (SSSR count). The summed E-state index contributed by atoms with van der Waals surface area (Å²) in [4.78, 5) is 16.8. The number of aryl methyl sites for hydroxylation is 3. The van der Waals surface area contributed by atoms with E-state index in [4.69, 9.17) is 0 Å². The molecule has 0 bridgehead atoms. The van der Waals surface area contributed by atoms with E-state index in [1.165, 1.54) is 11.3 Å². The van der Waals surface area contributed by atoms with Crippen LogP contribution >= 0.6 is 11.3 Å². The van der Waals surface area contributed by atoms with Crippen molar-refractivity contribution < 1.29 is 4.79 Å². The third-order valence-electron chi connectivity index (χ3n) is 3.15. The third kappa shape index (κ3) is 3.45. The van der Waals surface area contributed by atoms with E-state index in [9.17, 15) is 4.79 Å². The Morgan fingerprint density at radius 3 is 2.75 bits per heavy atom. The molecule has 0 aliphatic carbocycles. The van der Waals surface area contributed by atoms with Crippen LogP contribution in [0.15, 0.2) is 11.6 Å². The van der Waals surface area contributed by atoms with Gasteiger partial charge in [0.2, 0.25) is 0 Å². The van der Waals surface area contributed by atoms with Gasteiger partial charge < -0.3 is 5.32 Å². The van der Waals surface area contributed by atoms with E-state index in [0.29, 0.717) is 17.3 Å². The summed E-state index contributed by atoms with van der Waals surface area (Å²) in [7, 11) is 0. The number of aromatic nitrogens is 3. The zero-order valence-corrected chi connectivity index (χ0v) is 13.1. The molecule has 0 unspecified atom stereocenters. The number of nitrogens with one attached hydrogen (secondary N) is 1. The van der Waals surface area contributed by atoms with Crippen molar-refractivity contribution in [2.45, 2.75) is 34.2 Å². The van der Waals surface area contributed by atoms with E-state index < -0.39 is 0 Å². The first-order valence-corrected chi connectivity index (χ1v) is 7.54. The number of carbonyl (C=O) groups is 1. The molecule has 0 fully saturated rings. The predicted molar refractivity (Wildman–Crippen MR) is 80.0 cm³/mol. The summed E-state index contributed by atoms with van der Waals surface area (Å²) in [6, 6.07) is 2.06. The zero-order valence-electron chi connectivity index (χ0n) is 12.3. The number of hydrogen-bond donors (Lipinski definition) is 1. The van der Waals surface area contributed by atoms with Crippen LogP contribution in [0.25, 0.3) is 0 Å². The Morgan fingerprint density at radius 2 is 2.20 bits per heavy atom. The highest BCUT2D eigenvalue weighted by Gasteiger charge is 2.13. The molecule has 2 aromatic rings. The number of thiazole rings is 1. The fourth-order valence-corrected chi connectivity index (χ4v) is 2.81. The fraction of sp³-hybridized carbons (Fsp3) is 0.500. The normalized spacial score (nSPS) is 12.4.